The van der Waals surface area contributed by atoms with Crippen LogP contribution in [0.1, 0.15) is 39.1 Å². The lowest BCUT2D eigenvalue weighted by Gasteiger charge is -2.10. The first-order valence-electron chi connectivity index (χ1n) is 7.30. The summed E-state index contributed by atoms with van der Waals surface area (Å²) in [6, 6.07) is -0.0143. The summed E-state index contributed by atoms with van der Waals surface area (Å²) < 4.78 is 10.2. The molecule has 0 atom stereocenters. The number of aromatic nitrogens is 2. The maximum absolute atomic E-state index is 11.5. The van der Waals surface area contributed by atoms with Crippen LogP contribution in [0, 0.1) is 0 Å². The molecule has 0 saturated heterocycles. The van der Waals surface area contributed by atoms with Gasteiger partial charge >= 0.3 is 12.2 Å². The number of carbonyl (C=O) groups is 2. The van der Waals surface area contributed by atoms with Gasteiger partial charge in [-0.05, 0) is 34.0 Å². The van der Waals surface area contributed by atoms with Gasteiger partial charge in [0.05, 0.1) is 5.69 Å². The second-order valence-electron chi connectivity index (χ2n) is 5.42. The summed E-state index contributed by atoms with van der Waals surface area (Å²) in [5.74, 6) is 0. The first-order chi connectivity index (χ1) is 10.8. The topological polar surface area (TPSA) is 105 Å². The summed E-state index contributed by atoms with van der Waals surface area (Å²) in [6.45, 7) is 7.39. The third kappa shape index (κ3) is 7.27. The standard InChI is InChI=1S/C14H24N4O4S/c1-8(2)15-13(19)21-6-10-11(18-12(17-10)23-5)7-22-14(20)16-9(3)4/h8-9H,6-7H2,1-5H3,(H,15,19)(H,16,20)(H,17,18). The number of alkyl carbamates (subject to hydrolysis) is 2. The number of imidazole rings is 1. The molecule has 0 aliphatic heterocycles. The van der Waals surface area contributed by atoms with E-state index >= 15 is 0 Å². The molecule has 0 saturated carbocycles. The molecular weight excluding hydrogens is 320 g/mol. The maximum atomic E-state index is 11.5. The van der Waals surface area contributed by atoms with Crippen LogP contribution in [-0.4, -0.2) is 40.5 Å². The molecule has 0 spiro atoms. The van der Waals surface area contributed by atoms with Crippen LogP contribution < -0.4 is 10.6 Å². The van der Waals surface area contributed by atoms with Gasteiger partial charge in [0.1, 0.15) is 18.9 Å². The van der Waals surface area contributed by atoms with Crippen molar-refractivity contribution in [1.82, 2.24) is 20.6 Å². The number of nitrogens with zero attached hydrogens (tertiary/aromatic N) is 1. The Morgan fingerprint density at radius 2 is 1.61 bits per heavy atom. The third-order valence-electron chi connectivity index (χ3n) is 2.54. The zero-order valence-corrected chi connectivity index (χ0v) is 14.9. The lowest BCUT2D eigenvalue weighted by molar-refractivity contribution is 0.127. The molecular formula is C14H24N4O4S. The maximum Gasteiger partial charge on any atom is 0.407 e. The Kier molecular flexibility index (Phi) is 7.73. The van der Waals surface area contributed by atoms with E-state index in [1.807, 2.05) is 34.0 Å². The second-order valence-corrected chi connectivity index (χ2v) is 6.22. The zero-order chi connectivity index (χ0) is 17.4. The van der Waals surface area contributed by atoms with Gasteiger partial charge in [-0.1, -0.05) is 11.8 Å². The third-order valence-corrected chi connectivity index (χ3v) is 3.12. The highest BCUT2D eigenvalue weighted by Crippen LogP contribution is 2.16. The smallest absolute Gasteiger partial charge is 0.407 e. The number of nitrogens with one attached hydrogen (secondary N) is 3. The van der Waals surface area contributed by atoms with Gasteiger partial charge in [0.15, 0.2) is 5.16 Å². The van der Waals surface area contributed by atoms with Crippen molar-refractivity contribution in [2.24, 2.45) is 0 Å². The van der Waals surface area contributed by atoms with Crippen molar-refractivity contribution in [3.05, 3.63) is 11.4 Å². The van der Waals surface area contributed by atoms with E-state index in [9.17, 15) is 9.59 Å². The fourth-order valence-electron chi connectivity index (χ4n) is 1.58. The molecule has 0 fully saturated rings. The summed E-state index contributed by atoms with van der Waals surface area (Å²) in [6.07, 6.45) is 0.841. The lowest BCUT2D eigenvalue weighted by atomic mass is 10.3. The number of thioether (sulfide) groups is 1. The molecule has 130 valence electrons. The number of ether oxygens (including phenoxy) is 2. The van der Waals surface area contributed by atoms with Gasteiger partial charge in [0.2, 0.25) is 0 Å². The van der Waals surface area contributed by atoms with Gasteiger partial charge in [0.25, 0.3) is 0 Å². The zero-order valence-electron chi connectivity index (χ0n) is 14.1. The van der Waals surface area contributed by atoms with Crippen LogP contribution in [0.15, 0.2) is 5.16 Å². The van der Waals surface area contributed by atoms with Crippen molar-refractivity contribution >= 4 is 23.9 Å². The van der Waals surface area contributed by atoms with Crippen molar-refractivity contribution in [2.45, 2.75) is 58.1 Å². The molecule has 23 heavy (non-hydrogen) atoms. The Hall–Kier alpha value is -1.90. The SMILES string of the molecule is CSc1nc(COC(=O)NC(C)C)c(COC(=O)NC(C)C)[nH]1. The number of hydrogen-bond donors (Lipinski definition) is 3. The molecule has 0 aromatic carbocycles. The van der Waals surface area contributed by atoms with Crippen LogP contribution >= 0.6 is 11.8 Å². The molecule has 2 amide bonds. The quantitative estimate of drug-likeness (QED) is 0.656. The highest BCUT2D eigenvalue weighted by Gasteiger charge is 2.15. The van der Waals surface area contributed by atoms with Crippen LogP contribution in [0.2, 0.25) is 0 Å². The second kappa shape index (κ2) is 9.29. The molecule has 8 nitrogen and oxygen atoms in total. The molecule has 1 aromatic heterocycles. The van der Waals surface area contributed by atoms with Crippen LogP contribution in [0.4, 0.5) is 9.59 Å². The van der Waals surface area contributed by atoms with E-state index in [-0.39, 0.29) is 25.3 Å². The summed E-state index contributed by atoms with van der Waals surface area (Å²) >= 11 is 1.41. The van der Waals surface area contributed by atoms with Gasteiger partial charge in [-0.2, -0.15) is 0 Å². The average molecular weight is 344 g/mol. The Labute approximate surface area is 140 Å². The van der Waals surface area contributed by atoms with E-state index in [0.717, 1.165) is 0 Å². The van der Waals surface area contributed by atoms with Crippen molar-refractivity contribution < 1.29 is 19.1 Å². The number of amides is 2. The van der Waals surface area contributed by atoms with Crippen molar-refractivity contribution in [3.8, 4) is 0 Å². The lowest BCUT2D eigenvalue weighted by Crippen LogP contribution is -2.31. The molecule has 0 radical (unpaired) electrons. The van der Waals surface area contributed by atoms with Crippen molar-refractivity contribution in [3.63, 3.8) is 0 Å². The minimum absolute atomic E-state index is 0.000105. The Balaban J connectivity index is 2.62. The van der Waals surface area contributed by atoms with Gasteiger partial charge in [0, 0.05) is 12.1 Å². The van der Waals surface area contributed by atoms with E-state index < -0.39 is 12.2 Å². The van der Waals surface area contributed by atoms with Gasteiger partial charge in [-0.25, -0.2) is 14.6 Å². The molecule has 0 bridgehead atoms. The molecule has 1 heterocycles. The minimum Gasteiger partial charge on any atom is -0.443 e. The normalized spacial score (nSPS) is 10.7. The summed E-state index contributed by atoms with van der Waals surface area (Å²) in [5, 5.41) is 5.92. The number of hydrogen-bond acceptors (Lipinski definition) is 6. The number of aromatic amines is 1. The Morgan fingerprint density at radius 1 is 1.09 bits per heavy atom. The predicted molar refractivity (Wildman–Crippen MR) is 87.3 cm³/mol. The van der Waals surface area contributed by atoms with E-state index in [1.54, 1.807) is 0 Å². The van der Waals surface area contributed by atoms with E-state index in [2.05, 4.69) is 20.6 Å². The Morgan fingerprint density at radius 3 is 2.09 bits per heavy atom. The fraction of sp³-hybridized carbons (Fsp3) is 0.643. The average Bonchev–Trinajstić information content (AvgIpc) is 2.84. The molecule has 1 aromatic rings. The van der Waals surface area contributed by atoms with Crippen LogP contribution in [-0.2, 0) is 22.7 Å². The van der Waals surface area contributed by atoms with Crippen LogP contribution in [0.3, 0.4) is 0 Å². The monoisotopic (exact) mass is 344 g/mol. The number of H-pyrrole nitrogens is 1. The van der Waals surface area contributed by atoms with Gasteiger partial charge in [-0.15, -0.1) is 0 Å². The highest BCUT2D eigenvalue weighted by atomic mass is 32.2. The van der Waals surface area contributed by atoms with Crippen LogP contribution in [0.5, 0.6) is 0 Å². The van der Waals surface area contributed by atoms with Crippen molar-refractivity contribution in [1.29, 1.82) is 0 Å². The van der Waals surface area contributed by atoms with Gasteiger partial charge in [-0.3, -0.25) is 0 Å². The fourth-order valence-corrected chi connectivity index (χ4v) is 2.01. The molecule has 0 aliphatic carbocycles. The number of carbonyl (C=O) groups excluding carboxylic acids is 2. The van der Waals surface area contributed by atoms with E-state index in [0.29, 0.717) is 16.5 Å². The highest BCUT2D eigenvalue weighted by molar-refractivity contribution is 7.98. The molecule has 0 aliphatic rings. The first kappa shape index (κ1) is 19.1. The Bertz CT molecular complexity index is 487. The van der Waals surface area contributed by atoms with Crippen LogP contribution in [0.25, 0.3) is 0 Å². The minimum atomic E-state index is -0.516. The van der Waals surface area contributed by atoms with E-state index in [1.165, 1.54) is 11.8 Å². The molecule has 1 rings (SSSR count). The summed E-state index contributed by atoms with van der Waals surface area (Å²) in [7, 11) is 0. The van der Waals surface area contributed by atoms with E-state index in [4.69, 9.17) is 9.47 Å². The molecule has 3 N–H and O–H groups in total. The summed E-state index contributed by atoms with van der Waals surface area (Å²) in [5.41, 5.74) is 1.14. The summed E-state index contributed by atoms with van der Waals surface area (Å²) in [4.78, 5) is 30.4. The van der Waals surface area contributed by atoms with Crippen molar-refractivity contribution in [2.75, 3.05) is 6.26 Å². The predicted octanol–water partition coefficient (Wildman–Crippen LogP) is 2.40. The van der Waals surface area contributed by atoms with Gasteiger partial charge < -0.3 is 25.1 Å². The largest absolute Gasteiger partial charge is 0.443 e. The molecule has 9 heteroatoms. The molecule has 0 unspecified atom stereocenters. The number of rotatable bonds is 7. The first-order valence-corrected chi connectivity index (χ1v) is 8.52.